The number of carbonyl (C=O) groups is 2. The second kappa shape index (κ2) is 13.4. The molecule has 2 atom stereocenters. The number of rotatable bonds is 11. The first-order chi connectivity index (χ1) is 15.7. The standard InChI is InChI=1S/C24H28Cl3FN2O2S/c1-4-15(3)29-24(32)22(5-2)30(12-16-9-10-17(25)11-20(16)27)23(31)14-33-13-18-19(26)7-6-8-21(18)28/h6-11,15,22H,4-5,12-14H2,1-3H3,(H,29,32). The summed E-state index contributed by atoms with van der Waals surface area (Å²) in [7, 11) is 0. The van der Waals surface area contributed by atoms with Crippen molar-refractivity contribution in [1.29, 1.82) is 0 Å². The molecule has 2 amide bonds. The van der Waals surface area contributed by atoms with Gasteiger partial charge in [-0.15, -0.1) is 11.8 Å². The van der Waals surface area contributed by atoms with Gasteiger partial charge in [-0.25, -0.2) is 4.39 Å². The molecule has 0 fully saturated rings. The Hall–Kier alpha value is -1.47. The molecule has 0 aliphatic carbocycles. The van der Waals surface area contributed by atoms with Crippen molar-refractivity contribution in [2.75, 3.05) is 5.75 Å². The molecule has 2 aromatic rings. The fraction of sp³-hybridized carbons (Fsp3) is 0.417. The van der Waals surface area contributed by atoms with Crippen LogP contribution in [0, 0.1) is 5.82 Å². The van der Waals surface area contributed by atoms with Crippen LogP contribution in [0.15, 0.2) is 36.4 Å². The third-order valence-corrected chi connectivity index (χ3v) is 7.16. The zero-order valence-electron chi connectivity index (χ0n) is 18.8. The fourth-order valence-corrected chi connectivity index (χ4v) is 4.90. The fourth-order valence-electron chi connectivity index (χ4n) is 3.19. The van der Waals surface area contributed by atoms with Gasteiger partial charge in [0.25, 0.3) is 0 Å². The normalized spacial score (nSPS) is 12.8. The maximum absolute atomic E-state index is 14.1. The van der Waals surface area contributed by atoms with Gasteiger partial charge in [0.15, 0.2) is 0 Å². The molecule has 180 valence electrons. The Balaban J connectivity index is 2.22. The molecule has 9 heteroatoms. The van der Waals surface area contributed by atoms with E-state index in [0.717, 1.165) is 6.42 Å². The highest BCUT2D eigenvalue weighted by Gasteiger charge is 2.29. The monoisotopic (exact) mass is 532 g/mol. The first-order valence-corrected chi connectivity index (χ1v) is 13.0. The van der Waals surface area contributed by atoms with E-state index in [1.165, 1.54) is 28.8 Å². The summed E-state index contributed by atoms with van der Waals surface area (Å²) >= 11 is 19.7. The maximum Gasteiger partial charge on any atom is 0.243 e. The molecule has 0 saturated heterocycles. The van der Waals surface area contributed by atoms with Gasteiger partial charge in [0, 0.05) is 39.0 Å². The van der Waals surface area contributed by atoms with E-state index in [0.29, 0.717) is 32.6 Å². The first-order valence-electron chi connectivity index (χ1n) is 10.7. The molecule has 1 N–H and O–H groups in total. The lowest BCUT2D eigenvalue weighted by Crippen LogP contribution is -2.51. The number of nitrogens with zero attached hydrogens (tertiary/aromatic N) is 1. The number of amides is 2. The van der Waals surface area contributed by atoms with Crippen LogP contribution in [0.5, 0.6) is 0 Å². The molecule has 0 bridgehead atoms. The SMILES string of the molecule is CCC(C)NC(=O)C(CC)N(Cc1ccc(Cl)cc1Cl)C(=O)CSCc1c(F)cccc1Cl. The van der Waals surface area contributed by atoms with Crippen molar-refractivity contribution >= 4 is 58.4 Å². The van der Waals surface area contributed by atoms with Crippen molar-refractivity contribution in [3.63, 3.8) is 0 Å². The maximum atomic E-state index is 14.1. The van der Waals surface area contributed by atoms with Crippen molar-refractivity contribution in [2.45, 2.75) is 58.0 Å². The predicted octanol–water partition coefficient (Wildman–Crippen LogP) is 6.74. The van der Waals surface area contributed by atoms with E-state index >= 15 is 0 Å². The van der Waals surface area contributed by atoms with Crippen LogP contribution in [0.4, 0.5) is 4.39 Å². The van der Waals surface area contributed by atoms with Crippen molar-refractivity contribution < 1.29 is 14.0 Å². The highest BCUT2D eigenvalue weighted by molar-refractivity contribution is 7.99. The molecule has 4 nitrogen and oxygen atoms in total. The summed E-state index contributed by atoms with van der Waals surface area (Å²) in [6, 6.07) is 8.86. The van der Waals surface area contributed by atoms with Gasteiger partial charge in [-0.05, 0) is 49.6 Å². The second-order valence-corrected chi connectivity index (χ2v) is 9.93. The molecule has 2 unspecified atom stereocenters. The zero-order chi connectivity index (χ0) is 24.5. The van der Waals surface area contributed by atoms with Gasteiger partial charge >= 0.3 is 0 Å². The lowest BCUT2D eigenvalue weighted by molar-refractivity contribution is -0.139. The number of carbonyl (C=O) groups excluding carboxylic acids is 2. The Morgan fingerprint density at radius 3 is 2.42 bits per heavy atom. The van der Waals surface area contributed by atoms with Gasteiger partial charge in [0.1, 0.15) is 11.9 Å². The molecule has 2 aromatic carbocycles. The van der Waals surface area contributed by atoms with Crippen LogP contribution >= 0.6 is 46.6 Å². The van der Waals surface area contributed by atoms with Crippen LogP contribution < -0.4 is 5.32 Å². The zero-order valence-corrected chi connectivity index (χ0v) is 21.9. The minimum absolute atomic E-state index is 0.0137. The summed E-state index contributed by atoms with van der Waals surface area (Å²) < 4.78 is 14.1. The Bertz CT molecular complexity index is 956. The molecular formula is C24H28Cl3FN2O2S. The summed E-state index contributed by atoms with van der Waals surface area (Å²) in [5.41, 5.74) is 1.04. The average molecular weight is 534 g/mol. The summed E-state index contributed by atoms with van der Waals surface area (Å²) in [6.45, 7) is 5.91. The smallest absolute Gasteiger partial charge is 0.243 e. The molecule has 0 radical (unpaired) electrons. The number of nitrogens with one attached hydrogen (secondary N) is 1. The first kappa shape index (κ1) is 27.8. The predicted molar refractivity (Wildman–Crippen MR) is 137 cm³/mol. The number of hydrogen-bond donors (Lipinski definition) is 1. The topological polar surface area (TPSA) is 49.4 Å². The van der Waals surface area contributed by atoms with Crippen molar-refractivity contribution in [3.05, 3.63) is 68.4 Å². The summed E-state index contributed by atoms with van der Waals surface area (Å²) in [5.74, 6) is -0.574. The van der Waals surface area contributed by atoms with E-state index < -0.39 is 11.9 Å². The third-order valence-electron chi connectivity index (χ3n) is 5.28. The quantitative estimate of drug-likeness (QED) is 0.348. The molecule has 0 aliphatic heterocycles. The summed E-state index contributed by atoms with van der Waals surface area (Å²) in [4.78, 5) is 27.8. The van der Waals surface area contributed by atoms with Crippen LogP contribution in [0.1, 0.15) is 44.7 Å². The van der Waals surface area contributed by atoms with E-state index in [-0.39, 0.29) is 35.9 Å². The van der Waals surface area contributed by atoms with Gasteiger partial charge in [-0.2, -0.15) is 0 Å². The lowest BCUT2D eigenvalue weighted by Gasteiger charge is -2.31. The van der Waals surface area contributed by atoms with Crippen molar-refractivity contribution in [2.24, 2.45) is 0 Å². The van der Waals surface area contributed by atoms with Crippen LogP contribution in [-0.4, -0.2) is 34.6 Å². The number of thioether (sulfide) groups is 1. The van der Waals surface area contributed by atoms with E-state index in [4.69, 9.17) is 34.8 Å². The van der Waals surface area contributed by atoms with E-state index in [1.54, 1.807) is 24.3 Å². The molecule has 2 rings (SSSR count). The largest absolute Gasteiger partial charge is 0.352 e. The Morgan fingerprint density at radius 1 is 1.09 bits per heavy atom. The van der Waals surface area contributed by atoms with Gasteiger partial charge in [-0.1, -0.05) is 60.8 Å². The molecule has 0 heterocycles. The Morgan fingerprint density at radius 2 is 1.82 bits per heavy atom. The molecule has 0 spiro atoms. The van der Waals surface area contributed by atoms with Crippen LogP contribution in [0.2, 0.25) is 15.1 Å². The van der Waals surface area contributed by atoms with Gasteiger partial charge in [-0.3, -0.25) is 9.59 Å². The number of benzene rings is 2. The molecule has 0 aliphatic rings. The highest BCUT2D eigenvalue weighted by atomic mass is 35.5. The van der Waals surface area contributed by atoms with Gasteiger partial charge < -0.3 is 10.2 Å². The highest BCUT2D eigenvalue weighted by Crippen LogP contribution is 2.26. The van der Waals surface area contributed by atoms with E-state index in [2.05, 4.69) is 5.32 Å². The van der Waals surface area contributed by atoms with Crippen molar-refractivity contribution in [3.8, 4) is 0 Å². The number of halogens is 4. The summed E-state index contributed by atoms with van der Waals surface area (Å²) in [5, 5.41) is 4.19. The minimum Gasteiger partial charge on any atom is -0.352 e. The molecular weight excluding hydrogens is 506 g/mol. The molecule has 0 aromatic heterocycles. The minimum atomic E-state index is -0.670. The average Bonchev–Trinajstić information content (AvgIpc) is 2.76. The lowest BCUT2D eigenvalue weighted by atomic mass is 10.1. The van der Waals surface area contributed by atoms with Crippen LogP contribution in [0.3, 0.4) is 0 Å². The van der Waals surface area contributed by atoms with Crippen molar-refractivity contribution in [1.82, 2.24) is 10.2 Å². The summed E-state index contributed by atoms with van der Waals surface area (Å²) in [6.07, 6.45) is 1.21. The second-order valence-electron chi connectivity index (χ2n) is 7.69. The van der Waals surface area contributed by atoms with Gasteiger partial charge in [0.05, 0.1) is 5.75 Å². The van der Waals surface area contributed by atoms with E-state index in [9.17, 15) is 14.0 Å². The molecule has 0 saturated carbocycles. The Labute approximate surface area is 214 Å². The Kier molecular flexibility index (Phi) is 11.3. The third kappa shape index (κ3) is 8.06. The van der Waals surface area contributed by atoms with Gasteiger partial charge in [0.2, 0.25) is 11.8 Å². The van der Waals surface area contributed by atoms with Crippen LogP contribution in [0.25, 0.3) is 0 Å². The van der Waals surface area contributed by atoms with E-state index in [1.807, 2.05) is 20.8 Å². The number of hydrogen-bond acceptors (Lipinski definition) is 3. The molecule has 33 heavy (non-hydrogen) atoms. The van der Waals surface area contributed by atoms with Crippen LogP contribution in [-0.2, 0) is 21.9 Å².